The number of aromatic nitrogens is 2. The van der Waals surface area contributed by atoms with Crippen LogP contribution in [0.4, 0.5) is 5.95 Å². The van der Waals surface area contributed by atoms with E-state index >= 15 is 0 Å². The van der Waals surface area contributed by atoms with E-state index in [-0.39, 0.29) is 11.9 Å². The molecule has 22 heavy (non-hydrogen) atoms. The van der Waals surface area contributed by atoms with E-state index in [9.17, 15) is 4.79 Å². The Morgan fingerprint density at radius 1 is 1.32 bits per heavy atom. The van der Waals surface area contributed by atoms with Gasteiger partial charge in [0.05, 0.1) is 0 Å². The number of nitrogens with zero attached hydrogens (tertiary/aromatic N) is 4. The number of amides is 1. The maximum absolute atomic E-state index is 12.4. The van der Waals surface area contributed by atoms with Crippen LogP contribution in [0, 0.1) is 0 Å². The molecule has 0 unspecified atom stereocenters. The minimum atomic E-state index is 0.0334. The van der Waals surface area contributed by atoms with Crippen molar-refractivity contribution in [3.05, 3.63) is 24.0 Å². The van der Waals surface area contributed by atoms with Gasteiger partial charge in [-0.2, -0.15) is 0 Å². The Bertz CT molecular complexity index is 507. The molecule has 1 aromatic rings. The number of ether oxygens (including phenoxy) is 1. The topological polar surface area (TPSA) is 58.6 Å². The van der Waals surface area contributed by atoms with Crippen molar-refractivity contribution < 1.29 is 9.53 Å². The number of anilines is 1. The maximum atomic E-state index is 12.4. The van der Waals surface area contributed by atoms with E-state index in [1.807, 2.05) is 30.8 Å². The Morgan fingerprint density at radius 3 is 2.50 bits per heavy atom. The first-order valence-corrected chi connectivity index (χ1v) is 7.67. The second-order valence-electron chi connectivity index (χ2n) is 5.51. The van der Waals surface area contributed by atoms with E-state index in [1.54, 1.807) is 24.5 Å². The lowest BCUT2D eigenvalue weighted by molar-refractivity contribution is -0.129. The molecule has 1 saturated heterocycles. The molecule has 2 rings (SSSR count). The zero-order valence-electron chi connectivity index (χ0n) is 13.5. The number of carbonyl (C=O) groups excluding carboxylic acids is 1. The molecule has 6 heteroatoms. The first-order chi connectivity index (χ1) is 10.6. The number of carbonyl (C=O) groups is 1. The van der Waals surface area contributed by atoms with Crippen LogP contribution < -0.4 is 4.90 Å². The van der Waals surface area contributed by atoms with Crippen LogP contribution in [-0.2, 0) is 9.53 Å². The van der Waals surface area contributed by atoms with Gasteiger partial charge in [-0.15, -0.1) is 0 Å². The number of likely N-dealkylation sites (N-methyl/N-ethyl adjacent to an activating group) is 1. The molecule has 1 aromatic heterocycles. The third-order valence-electron chi connectivity index (χ3n) is 3.73. The molecule has 0 N–H and O–H groups in total. The Hall–Kier alpha value is -1.95. The van der Waals surface area contributed by atoms with Crippen molar-refractivity contribution in [2.75, 3.05) is 38.8 Å². The smallest absolute Gasteiger partial charge is 0.246 e. The van der Waals surface area contributed by atoms with Crippen molar-refractivity contribution in [2.45, 2.75) is 25.8 Å². The highest BCUT2D eigenvalue weighted by Crippen LogP contribution is 2.15. The van der Waals surface area contributed by atoms with Crippen molar-refractivity contribution in [1.82, 2.24) is 14.9 Å². The molecule has 1 amide bonds. The van der Waals surface area contributed by atoms with E-state index in [2.05, 4.69) is 9.97 Å². The van der Waals surface area contributed by atoms with Crippen molar-refractivity contribution >= 4 is 17.9 Å². The van der Waals surface area contributed by atoms with Crippen LogP contribution in [0.3, 0.4) is 0 Å². The highest BCUT2D eigenvalue weighted by Gasteiger charge is 2.22. The molecular weight excluding hydrogens is 280 g/mol. The molecule has 0 atom stereocenters. The van der Waals surface area contributed by atoms with Crippen molar-refractivity contribution in [3.8, 4) is 0 Å². The van der Waals surface area contributed by atoms with Gasteiger partial charge in [-0.3, -0.25) is 4.79 Å². The van der Waals surface area contributed by atoms with Crippen molar-refractivity contribution in [2.24, 2.45) is 0 Å². The molecule has 0 radical (unpaired) electrons. The molecule has 0 spiro atoms. The van der Waals surface area contributed by atoms with E-state index < -0.39 is 0 Å². The third kappa shape index (κ3) is 4.27. The largest absolute Gasteiger partial charge is 0.381 e. The molecule has 2 heterocycles. The molecule has 0 bridgehead atoms. The maximum Gasteiger partial charge on any atom is 0.246 e. The molecular formula is C16H24N4O2. The Balaban J connectivity index is 1.99. The fraction of sp³-hybridized carbons (Fsp3) is 0.562. The average molecular weight is 304 g/mol. The lowest BCUT2D eigenvalue weighted by Crippen LogP contribution is -2.42. The van der Waals surface area contributed by atoms with Gasteiger partial charge in [0, 0.05) is 63.9 Å². The minimum Gasteiger partial charge on any atom is -0.381 e. The van der Waals surface area contributed by atoms with Crippen LogP contribution in [-0.4, -0.2) is 60.7 Å². The lowest BCUT2D eigenvalue weighted by Gasteiger charge is -2.32. The summed E-state index contributed by atoms with van der Waals surface area (Å²) in [6.45, 7) is 4.19. The van der Waals surface area contributed by atoms with E-state index in [1.165, 1.54) is 0 Å². The fourth-order valence-corrected chi connectivity index (χ4v) is 2.50. The van der Waals surface area contributed by atoms with Crippen LogP contribution in [0.25, 0.3) is 6.08 Å². The van der Waals surface area contributed by atoms with Crippen LogP contribution >= 0.6 is 0 Å². The first-order valence-electron chi connectivity index (χ1n) is 7.67. The number of rotatable bonds is 5. The molecule has 0 aliphatic carbocycles. The summed E-state index contributed by atoms with van der Waals surface area (Å²) in [5.74, 6) is 0.687. The molecule has 0 aromatic carbocycles. The molecule has 1 fully saturated rings. The summed E-state index contributed by atoms with van der Waals surface area (Å²) in [7, 11) is 3.78. The molecule has 1 aliphatic rings. The average Bonchev–Trinajstić information content (AvgIpc) is 2.55. The first kappa shape index (κ1) is 16.4. The van der Waals surface area contributed by atoms with E-state index in [4.69, 9.17) is 4.74 Å². The summed E-state index contributed by atoms with van der Waals surface area (Å²) < 4.78 is 5.36. The normalized spacial score (nSPS) is 16.0. The minimum absolute atomic E-state index is 0.0334. The van der Waals surface area contributed by atoms with Gasteiger partial charge >= 0.3 is 0 Å². The molecule has 6 nitrogen and oxygen atoms in total. The monoisotopic (exact) mass is 304 g/mol. The highest BCUT2D eigenvalue weighted by molar-refractivity contribution is 5.91. The van der Waals surface area contributed by atoms with E-state index in [0.29, 0.717) is 12.5 Å². The van der Waals surface area contributed by atoms with Crippen LogP contribution in [0.15, 0.2) is 18.5 Å². The SMILES string of the molecule is CCN(C(=O)/C=C/c1cnc(N(C)C)nc1)C1CCOCC1. The Labute approximate surface area is 131 Å². The summed E-state index contributed by atoms with van der Waals surface area (Å²) in [5.41, 5.74) is 0.821. The second kappa shape index (κ2) is 7.89. The van der Waals surface area contributed by atoms with Gasteiger partial charge in [0.25, 0.3) is 0 Å². The van der Waals surface area contributed by atoms with Gasteiger partial charge in [-0.25, -0.2) is 9.97 Å². The van der Waals surface area contributed by atoms with Crippen LogP contribution in [0.1, 0.15) is 25.3 Å². The third-order valence-corrected chi connectivity index (χ3v) is 3.73. The standard InChI is InChI=1S/C16H24N4O2/c1-4-20(14-7-9-22-10-8-14)15(21)6-5-13-11-17-16(18-12-13)19(2)3/h5-6,11-12,14H,4,7-10H2,1-3H3/b6-5+. The van der Waals surface area contributed by atoms with Crippen LogP contribution in [0.2, 0.25) is 0 Å². The van der Waals surface area contributed by atoms with Crippen molar-refractivity contribution in [1.29, 1.82) is 0 Å². The quantitative estimate of drug-likeness (QED) is 0.773. The summed E-state index contributed by atoms with van der Waals surface area (Å²) in [6.07, 6.45) is 8.63. The highest BCUT2D eigenvalue weighted by atomic mass is 16.5. The van der Waals surface area contributed by atoms with Gasteiger partial charge in [0.1, 0.15) is 0 Å². The van der Waals surface area contributed by atoms with Crippen LogP contribution in [0.5, 0.6) is 0 Å². The zero-order chi connectivity index (χ0) is 15.9. The second-order valence-corrected chi connectivity index (χ2v) is 5.51. The predicted octanol–water partition coefficient (Wildman–Crippen LogP) is 1.58. The van der Waals surface area contributed by atoms with Gasteiger partial charge in [0.15, 0.2) is 0 Å². The number of hydrogen-bond acceptors (Lipinski definition) is 5. The number of hydrogen-bond donors (Lipinski definition) is 0. The Kier molecular flexibility index (Phi) is 5.89. The van der Waals surface area contributed by atoms with Gasteiger partial charge in [0.2, 0.25) is 11.9 Å². The van der Waals surface area contributed by atoms with E-state index in [0.717, 1.165) is 31.6 Å². The van der Waals surface area contributed by atoms with Gasteiger partial charge in [-0.1, -0.05) is 0 Å². The van der Waals surface area contributed by atoms with Crippen molar-refractivity contribution in [3.63, 3.8) is 0 Å². The summed E-state index contributed by atoms with van der Waals surface area (Å²) in [6, 6.07) is 0.281. The fourth-order valence-electron chi connectivity index (χ4n) is 2.50. The lowest BCUT2D eigenvalue weighted by atomic mass is 10.1. The molecule has 120 valence electrons. The Morgan fingerprint density at radius 2 is 1.95 bits per heavy atom. The molecule has 1 aliphatic heterocycles. The zero-order valence-corrected chi connectivity index (χ0v) is 13.5. The summed E-state index contributed by atoms with van der Waals surface area (Å²) in [4.78, 5) is 24.6. The summed E-state index contributed by atoms with van der Waals surface area (Å²) in [5, 5.41) is 0. The predicted molar refractivity (Wildman–Crippen MR) is 86.6 cm³/mol. The summed E-state index contributed by atoms with van der Waals surface area (Å²) >= 11 is 0. The molecule has 0 saturated carbocycles. The van der Waals surface area contributed by atoms with Gasteiger partial charge in [-0.05, 0) is 25.8 Å². The van der Waals surface area contributed by atoms with Gasteiger partial charge < -0.3 is 14.5 Å².